The van der Waals surface area contributed by atoms with E-state index in [4.69, 9.17) is 5.73 Å². The molecule has 1 aliphatic rings. The van der Waals surface area contributed by atoms with E-state index in [0.29, 0.717) is 16.5 Å². The van der Waals surface area contributed by atoms with E-state index in [9.17, 15) is 4.79 Å². The summed E-state index contributed by atoms with van der Waals surface area (Å²) < 4.78 is 0. The van der Waals surface area contributed by atoms with Gasteiger partial charge >= 0.3 is 0 Å². The minimum absolute atomic E-state index is 0.0989. The predicted octanol–water partition coefficient (Wildman–Crippen LogP) is 1.81. The second kappa shape index (κ2) is 3.61. The Bertz CT molecular complexity index is 348. The lowest BCUT2D eigenvalue weighted by molar-refractivity contribution is 0.0794. The molecular weight excluding hydrogens is 196 g/mol. The molecule has 4 heteroatoms. The third kappa shape index (κ3) is 1.62. The summed E-state index contributed by atoms with van der Waals surface area (Å²) in [5, 5.41) is 1.86. The van der Waals surface area contributed by atoms with E-state index in [1.165, 1.54) is 11.3 Å². The number of nitrogens with two attached hydrogens (primary N) is 1. The topological polar surface area (TPSA) is 46.3 Å². The maximum absolute atomic E-state index is 11.9. The second-order valence-electron chi connectivity index (χ2n) is 3.85. The van der Waals surface area contributed by atoms with Gasteiger partial charge in [-0.05, 0) is 23.8 Å². The highest BCUT2D eigenvalue weighted by molar-refractivity contribution is 7.12. The summed E-state index contributed by atoms with van der Waals surface area (Å²) in [6.07, 6.45) is 1.11. The van der Waals surface area contributed by atoms with E-state index < -0.39 is 0 Å². The minimum atomic E-state index is 0.0989. The molecule has 1 aliphatic heterocycles. The van der Waals surface area contributed by atoms with Crippen LogP contribution in [0.5, 0.6) is 0 Å². The van der Waals surface area contributed by atoms with E-state index in [1.54, 1.807) is 6.07 Å². The van der Waals surface area contributed by atoms with Crippen molar-refractivity contribution >= 4 is 22.9 Å². The van der Waals surface area contributed by atoms with Crippen molar-refractivity contribution in [2.45, 2.75) is 13.3 Å². The molecule has 76 valence electrons. The number of nitrogen functional groups attached to an aromatic ring is 1. The summed E-state index contributed by atoms with van der Waals surface area (Å²) in [6.45, 7) is 3.92. The molecule has 0 radical (unpaired) electrons. The highest BCUT2D eigenvalue weighted by atomic mass is 32.1. The number of anilines is 1. The number of amides is 1. The monoisotopic (exact) mass is 210 g/mol. The molecule has 0 aromatic carbocycles. The van der Waals surface area contributed by atoms with E-state index in [-0.39, 0.29) is 5.91 Å². The Hall–Kier alpha value is -1.03. The van der Waals surface area contributed by atoms with Gasteiger partial charge in [0, 0.05) is 13.1 Å². The quantitative estimate of drug-likeness (QED) is 0.768. The van der Waals surface area contributed by atoms with Gasteiger partial charge < -0.3 is 10.6 Å². The van der Waals surface area contributed by atoms with Gasteiger partial charge in [0.1, 0.15) is 4.88 Å². The number of nitrogens with zero attached hydrogens (tertiary/aromatic N) is 1. The first-order valence-corrected chi connectivity index (χ1v) is 5.68. The summed E-state index contributed by atoms with van der Waals surface area (Å²) in [4.78, 5) is 14.5. The summed E-state index contributed by atoms with van der Waals surface area (Å²) in [5.41, 5.74) is 6.32. The van der Waals surface area contributed by atoms with Crippen LogP contribution in [0.25, 0.3) is 0 Å². The molecule has 1 atom stereocenters. The summed E-state index contributed by atoms with van der Waals surface area (Å²) >= 11 is 1.43. The molecule has 2 N–H and O–H groups in total. The van der Waals surface area contributed by atoms with Gasteiger partial charge in [-0.1, -0.05) is 6.92 Å². The van der Waals surface area contributed by atoms with E-state index in [2.05, 4.69) is 6.92 Å². The van der Waals surface area contributed by atoms with Crippen molar-refractivity contribution in [3.05, 3.63) is 16.3 Å². The van der Waals surface area contributed by atoms with Gasteiger partial charge in [0.15, 0.2) is 0 Å². The van der Waals surface area contributed by atoms with Crippen LogP contribution in [0.1, 0.15) is 23.0 Å². The van der Waals surface area contributed by atoms with Crippen molar-refractivity contribution in [1.29, 1.82) is 0 Å². The molecular formula is C10H14N2OS. The van der Waals surface area contributed by atoms with Crippen LogP contribution in [0.2, 0.25) is 0 Å². The number of rotatable bonds is 1. The number of hydrogen-bond donors (Lipinski definition) is 1. The Balaban J connectivity index is 2.13. The van der Waals surface area contributed by atoms with Gasteiger partial charge in [0.05, 0.1) is 5.69 Å². The molecule has 0 spiro atoms. The van der Waals surface area contributed by atoms with Crippen molar-refractivity contribution in [2.75, 3.05) is 18.8 Å². The predicted molar refractivity (Wildman–Crippen MR) is 58.4 cm³/mol. The van der Waals surface area contributed by atoms with Crippen LogP contribution >= 0.6 is 11.3 Å². The Morgan fingerprint density at radius 3 is 3.00 bits per heavy atom. The largest absolute Gasteiger partial charge is 0.397 e. The molecule has 3 nitrogen and oxygen atoms in total. The SMILES string of the molecule is CC1CCN(C(=O)c2sccc2N)C1. The van der Waals surface area contributed by atoms with Gasteiger partial charge in [0.25, 0.3) is 5.91 Å². The number of carbonyl (C=O) groups excluding carboxylic acids is 1. The lowest BCUT2D eigenvalue weighted by atomic mass is 10.2. The Labute approximate surface area is 87.5 Å². The third-order valence-corrected chi connectivity index (χ3v) is 3.52. The molecule has 1 saturated heterocycles. The number of thiophene rings is 1. The highest BCUT2D eigenvalue weighted by Crippen LogP contribution is 2.24. The molecule has 0 bridgehead atoms. The van der Waals surface area contributed by atoms with Gasteiger partial charge in [-0.15, -0.1) is 11.3 Å². The van der Waals surface area contributed by atoms with Crippen LogP contribution in [-0.2, 0) is 0 Å². The van der Waals surface area contributed by atoms with Gasteiger partial charge in [0.2, 0.25) is 0 Å². The van der Waals surface area contributed by atoms with Crippen LogP contribution in [0, 0.1) is 5.92 Å². The Morgan fingerprint density at radius 1 is 1.71 bits per heavy atom. The first kappa shape index (κ1) is 9.52. The number of hydrogen-bond acceptors (Lipinski definition) is 3. The molecule has 1 unspecified atom stereocenters. The molecule has 1 aromatic heterocycles. The van der Waals surface area contributed by atoms with Crippen molar-refractivity contribution in [3.8, 4) is 0 Å². The van der Waals surface area contributed by atoms with Crippen LogP contribution < -0.4 is 5.73 Å². The minimum Gasteiger partial charge on any atom is -0.397 e. The fourth-order valence-electron chi connectivity index (χ4n) is 1.76. The summed E-state index contributed by atoms with van der Waals surface area (Å²) in [6, 6.07) is 1.79. The van der Waals surface area contributed by atoms with Gasteiger partial charge in [-0.2, -0.15) is 0 Å². The molecule has 0 aliphatic carbocycles. The van der Waals surface area contributed by atoms with E-state index in [1.807, 2.05) is 10.3 Å². The molecule has 1 amide bonds. The molecule has 1 fully saturated rings. The van der Waals surface area contributed by atoms with Crippen molar-refractivity contribution < 1.29 is 4.79 Å². The molecule has 0 saturated carbocycles. The lowest BCUT2D eigenvalue weighted by Gasteiger charge is -2.14. The zero-order valence-corrected chi connectivity index (χ0v) is 9.01. The second-order valence-corrected chi connectivity index (χ2v) is 4.77. The number of carbonyl (C=O) groups is 1. The van der Waals surface area contributed by atoms with Crippen molar-refractivity contribution in [2.24, 2.45) is 5.92 Å². The van der Waals surface area contributed by atoms with Crippen LogP contribution in [0.4, 0.5) is 5.69 Å². The van der Waals surface area contributed by atoms with Gasteiger partial charge in [-0.25, -0.2) is 0 Å². The average Bonchev–Trinajstić information content (AvgIpc) is 2.73. The number of likely N-dealkylation sites (tertiary alicyclic amines) is 1. The first-order valence-electron chi connectivity index (χ1n) is 4.80. The molecule has 14 heavy (non-hydrogen) atoms. The van der Waals surface area contributed by atoms with Crippen LogP contribution in [0.3, 0.4) is 0 Å². The maximum Gasteiger partial charge on any atom is 0.266 e. The normalized spacial score (nSPS) is 21.5. The average molecular weight is 210 g/mol. The van der Waals surface area contributed by atoms with Crippen molar-refractivity contribution in [1.82, 2.24) is 4.90 Å². The maximum atomic E-state index is 11.9. The Morgan fingerprint density at radius 2 is 2.50 bits per heavy atom. The highest BCUT2D eigenvalue weighted by Gasteiger charge is 2.25. The van der Waals surface area contributed by atoms with Crippen LogP contribution in [0.15, 0.2) is 11.4 Å². The van der Waals surface area contributed by atoms with Crippen molar-refractivity contribution in [3.63, 3.8) is 0 Å². The first-order chi connectivity index (χ1) is 6.68. The summed E-state index contributed by atoms with van der Waals surface area (Å²) in [7, 11) is 0. The smallest absolute Gasteiger partial charge is 0.266 e. The lowest BCUT2D eigenvalue weighted by Crippen LogP contribution is -2.28. The zero-order valence-electron chi connectivity index (χ0n) is 8.19. The Kier molecular flexibility index (Phi) is 2.46. The molecule has 2 heterocycles. The third-order valence-electron chi connectivity index (χ3n) is 2.60. The fraction of sp³-hybridized carbons (Fsp3) is 0.500. The molecule has 2 rings (SSSR count). The molecule has 1 aromatic rings. The zero-order chi connectivity index (χ0) is 10.1. The van der Waals surface area contributed by atoms with Crippen LogP contribution in [-0.4, -0.2) is 23.9 Å². The van der Waals surface area contributed by atoms with Gasteiger partial charge in [-0.3, -0.25) is 4.79 Å². The summed E-state index contributed by atoms with van der Waals surface area (Å²) in [5.74, 6) is 0.724. The standard InChI is InChI=1S/C10H14N2OS/c1-7-2-4-12(6-7)10(13)9-8(11)3-5-14-9/h3,5,7H,2,4,6,11H2,1H3. The van der Waals surface area contributed by atoms with E-state index >= 15 is 0 Å². The fourth-order valence-corrected chi connectivity index (χ4v) is 2.54. The van der Waals surface area contributed by atoms with E-state index in [0.717, 1.165) is 19.5 Å².